The second-order valence-corrected chi connectivity index (χ2v) is 14.6. The topological polar surface area (TPSA) is 162 Å². The van der Waals surface area contributed by atoms with Crippen molar-refractivity contribution in [1.29, 1.82) is 0 Å². The molecule has 4 aromatic rings. The highest BCUT2D eigenvalue weighted by molar-refractivity contribution is 5.86. The summed E-state index contributed by atoms with van der Waals surface area (Å²) in [7, 11) is 1.17. The highest BCUT2D eigenvalue weighted by Crippen LogP contribution is 2.41. The number of likely N-dealkylation sites (tertiary alicyclic amines) is 2. The van der Waals surface area contributed by atoms with Gasteiger partial charge >= 0.3 is 6.09 Å². The quantitative estimate of drug-likeness (QED) is 0.158. The molecule has 4 heterocycles. The summed E-state index contributed by atoms with van der Waals surface area (Å²) in [6.45, 7) is 7.23. The van der Waals surface area contributed by atoms with Crippen LogP contribution in [0.25, 0.3) is 22.5 Å². The van der Waals surface area contributed by atoms with E-state index in [0.717, 1.165) is 51.5 Å². The van der Waals surface area contributed by atoms with Gasteiger partial charge in [-0.05, 0) is 60.1 Å². The van der Waals surface area contributed by atoms with Gasteiger partial charge in [-0.1, -0.05) is 63.8 Å². The first-order valence-electron chi connectivity index (χ1n) is 18.2. The molecule has 12 nitrogen and oxygen atoms in total. The van der Waals surface area contributed by atoms with Gasteiger partial charge in [-0.3, -0.25) is 9.59 Å². The highest BCUT2D eigenvalue weighted by atomic mass is 19.3. The summed E-state index contributed by atoms with van der Waals surface area (Å²) < 4.78 is 34.0. The molecule has 2 aliphatic heterocycles. The van der Waals surface area contributed by atoms with Crippen LogP contribution in [0, 0.1) is 23.7 Å². The molecule has 0 saturated carbocycles. The third-order valence-electron chi connectivity index (χ3n) is 10.0. The summed E-state index contributed by atoms with van der Waals surface area (Å²) >= 11 is 0. The van der Waals surface area contributed by atoms with Crippen LogP contribution in [0.3, 0.4) is 0 Å². The van der Waals surface area contributed by atoms with Gasteiger partial charge in [0.25, 0.3) is 5.92 Å². The van der Waals surface area contributed by atoms with Crippen molar-refractivity contribution in [1.82, 2.24) is 35.1 Å². The van der Waals surface area contributed by atoms with Crippen LogP contribution in [0.15, 0.2) is 60.9 Å². The van der Waals surface area contributed by atoms with E-state index in [1.807, 2.05) is 67.3 Å². The molecule has 0 aliphatic carbocycles. The molecule has 2 aliphatic rings. The van der Waals surface area contributed by atoms with Crippen molar-refractivity contribution in [3.8, 4) is 34.4 Å². The Morgan fingerprint density at radius 3 is 1.89 bits per heavy atom. The van der Waals surface area contributed by atoms with Crippen molar-refractivity contribution < 1.29 is 27.9 Å². The molecule has 0 spiro atoms. The average Bonchev–Trinajstić information content (AvgIpc) is 3.98. The van der Waals surface area contributed by atoms with Crippen molar-refractivity contribution in [2.75, 3.05) is 20.2 Å². The third kappa shape index (κ3) is 8.31. The number of rotatable bonds is 9. The molecular weight excluding hydrogens is 694 g/mol. The van der Waals surface area contributed by atoms with Crippen molar-refractivity contribution >= 4 is 17.9 Å². The maximum atomic E-state index is 14.7. The van der Waals surface area contributed by atoms with E-state index in [-0.39, 0.29) is 29.6 Å². The number of nitrogens with two attached hydrogens (primary N) is 1. The number of amides is 3. The molecule has 14 heteroatoms. The molecule has 284 valence electrons. The maximum Gasteiger partial charge on any atom is 0.407 e. The molecule has 2 aromatic heterocycles. The minimum atomic E-state index is -3.12. The monoisotopic (exact) mass is 740 g/mol. The van der Waals surface area contributed by atoms with Gasteiger partial charge in [-0.15, -0.1) is 0 Å². The first-order chi connectivity index (χ1) is 25.7. The summed E-state index contributed by atoms with van der Waals surface area (Å²) in [5.74, 6) is 3.26. The fourth-order valence-corrected chi connectivity index (χ4v) is 6.88. The fraction of sp³-hybridized carbons (Fsp3) is 0.425. The number of hydrogen-bond acceptors (Lipinski definition) is 7. The normalized spacial score (nSPS) is 19.1. The smallest absolute Gasteiger partial charge is 0.407 e. The molecule has 2 saturated heterocycles. The lowest BCUT2D eigenvalue weighted by Gasteiger charge is -2.29. The maximum absolute atomic E-state index is 14.7. The number of halogens is 2. The van der Waals surface area contributed by atoms with E-state index in [1.54, 1.807) is 26.2 Å². The van der Waals surface area contributed by atoms with E-state index in [1.165, 1.54) is 7.11 Å². The van der Waals surface area contributed by atoms with Gasteiger partial charge in [0.05, 0.1) is 55.6 Å². The number of aromatic amines is 2. The van der Waals surface area contributed by atoms with Gasteiger partial charge in [0.2, 0.25) is 11.8 Å². The van der Waals surface area contributed by atoms with E-state index in [4.69, 9.17) is 5.73 Å². The Morgan fingerprint density at radius 2 is 1.39 bits per heavy atom. The number of ether oxygens (including phenoxy) is 1. The number of H-pyrrole nitrogens is 2. The number of aromatic nitrogens is 4. The van der Waals surface area contributed by atoms with Crippen LogP contribution >= 0.6 is 0 Å². The molecule has 6 rings (SSSR count). The zero-order valence-corrected chi connectivity index (χ0v) is 31.0. The number of benzene rings is 2. The van der Waals surface area contributed by atoms with Crippen LogP contribution in [-0.4, -0.2) is 85.8 Å². The van der Waals surface area contributed by atoms with Crippen LogP contribution in [0.4, 0.5) is 13.6 Å². The molecule has 4 atom stereocenters. The van der Waals surface area contributed by atoms with Gasteiger partial charge in [-0.25, -0.2) is 23.5 Å². The van der Waals surface area contributed by atoms with Crippen LogP contribution in [-0.2, 0) is 14.3 Å². The van der Waals surface area contributed by atoms with E-state index in [0.29, 0.717) is 12.2 Å². The number of carbonyl (C=O) groups is 3. The Labute approximate surface area is 313 Å². The van der Waals surface area contributed by atoms with Crippen LogP contribution < -0.4 is 11.1 Å². The zero-order valence-electron chi connectivity index (χ0n) is 31.0. The Balaban J connectivity index is 1.10. The zero-order chi connectivity index (χ0) is 38.7. The third-order valence-corrected chi connectivity index (χ3v) is 10.0. The largest absolute Gasteiger partial charge is 0.453 e. The minimum Gasteiger partial charge on any atom is -0.453 e. The second-order valence-electron chi connectivity index (χ2n) is 14.6. The number of carbonyl (C=O) groups excluding carboxylic acids is 3. The number of imidazole rings is 2. The summed E-state index contributed by atoms with van der Waals surface area (Å²) in [5.41, 5.74) is 10.9. The number of alkyl halides is 2. The predicted octanol–water partition coefficient (Wildman–Crippen LogP) is 5.80. The Kier molecular flexibility index (Phi) is 11.2. The summed E-state index contributed by atoms with van der Waals surface area (Å²) in [6, 6.07) is 12.6. The second kappa shape index (κ2) is 15.8. The standard InChI is InChI=1S/C40H46F2N8O4/c1-23(2)33(43)37(51)49-18-6-7-31(49)35-44-20-29(46-35)27-14-10-25(11-15-27)8-9-26-12-16-28(17-13-26)30-21-45-36(47-30)32-19-40(41,42)22-50(32)38(52)34(24(3)4)48-39(53)54-5/h10-17,20-21,23-24,31-34H,6-7,18-19,22,43H2,1-5H3,(H,44,46)(H,45,47)(H,48,53). The van der Waals surface area contributed by atoms with E-state index in [9.17, 15) is 23.2 Å². The van der Waals surface area contributed by atoms with Crippen molar-refractivity contribution in [2.24, 2.45) is 17.6 Å². The van der Waals surface area contributed by atoms with E-state index < -0.39 is 49.0 Å². The summed E-state index contributed by atoms with van der Waals surface area (Å²) in [6.07, 6.45) is 3.67. The Morgan fingerprint density at radius 1 is 0.852 bits per heavy atom. The van der Waals surface area contributed by atoms with Crippen LogP contribution in [0.1, 0.15) is 81.8 Å². The number of nitrogens with one attached hydrogen (secondary N) is 3. The molecule has 4 unspecified atom stereocenters. The lowest BCUT2D eigenvalue weighted by atomic mass is 10.0. The van der Waals surface area contributed by atoms with E-state index in [2.05, 4.69) is 41.8 Å². The molecule has 0 radical (unpaired) electrons. The first-order valence-corrected chi connectivity index (χ1v) is 18.2. The molecule has 0 bridgehead atoms. The molecule has 5 N–H and O–H groups in total. The lowest BCUT2D eigenvalue weighted by Crippen LogP contribution is -2.51. The van der Waals surface area contributed by atoms with Gasteiger partial charge in [-0.2, -0.15) is 0 Å². The molecule has 2 fully saturated rings. The number of nitrogens with zero attached hydrogens (tertiary/aromatic N) is 4. The van der Waals surface area contributed by atoms with Crippen molar-refractivity contribution in [3.05, 3.63) is 83.7 Å². The molecule has 54 heavy (non-hydrogen) atoms. The average molecular weight is 741 g/mol. The summed E-state index contributed by atoms with van der Waals surface area (Å²) in [5, 5.41) is 2.47. The fourth-order valence-electron chi connectivity index (χ4n) is 6.88. The highest BCUT2D eigenvalue weighted by Gasteiger charge is 2.50. The van der Waals surface area contributed by atoms with E-state index >= 15 is 0 Å². The number of alkyl carbamates (subject to hydrolysis) is 1. The van der Waals surface area contributed by atoms with Gasteiger partial charge < -0.3 is 35.6 Å². The van der Waals surface area contributed by atoms with Gasteiger partial charge in [0, 0.05) is 24.1 Å². The number of methoxy groups -OCH3 is 1. The van der Waals surface area contributed by atoms with Crippen molar-refractivity contribution in [2.45, 2.75) is 77.0 Å². The number of hydrogen-bond donors (Lipinski definition) is 4. The van der Waals surface area contributed by atoms with Crippen LogP contribution in [0.2, 0.25) is 0 Å². The Bertz CT molecular complexity index is 2030. The van der Waals surface area contributed by atoms with Gasteiger partial charge in [0.1, 0.15) is 17.7 Å². The first kappa shape index (κ1) is 38.2. The molecule has 3 amide bonds. The molecular formula is C40H46F2N8O4. The minimum absolute atomic E-state index is 0.0398. The van der Waals surface area contributed by atoms with Gasteiger partial charge in [0.15, 0.2) is 0 Å². The summed E-state index contributed by atoms with van der Waals surface area (Å²) in [4.78, 5) is 56.7. The lowest BCUT2D eigenvalue weighted by molar-refractivity contribution is -0.137. The SMILES string of the molecule is COC(=O)NC(C(=O)N1CC(F)(F)CC1c1ncc(-c2ccc(C#Cc3ccc(-c4cnc(C5CCCN5C(=O)C(N)C(C)C)[nH]4)cc3)cc2)[nH]1)C(C)C. The predicted molar refractivity (Wildman–Crippen MR) is 199 cm³/mol. The van der Waals surface area contributed by atoms with Crippen molar-refractivity contribution in [3.63, 3.8) is 0 Å². The van der Waals surface area contributed by atoms with Crippen LogP contribution in [0.5, 0.6) is 0 Å². The Hall–Kier alpha value is -5.55. The molecule has 2 aromatic carbocycles.